The molecule has 0 radical (unpaired) electrons. The molecule has 126 valence electrons. The van der Waals surface area contributed by atoms with E-state index in [9.17, 15) is 8.42 Å². The van der Waals surface area contributed by atoms with Crippen molar-refractivity contribution in [3.8, 4) is 5.75 Å². The maximum atomic E-state index is 12.9. The van der Waals surface area contributed by atoms with Crippen LogP contribution in [0.2, 0.25) is 0 Å². The van der Waals surface area contributed by atoms with E-state index < -0.39 is 10.0 Å². The van der Waals surface area contributed by atoms with E-state index in [0.29, 0.717) is 26.1 Å². The number of rotatable bonds is 4. The monoisotopic (exact) mass is 344 g/mol. The summed E-state index contributed by atoms with van der Waals surface area (Å²) in [6.07, 6.45) is 0.523. The molecule has 2 aliphatic rings. The lowest BCUT2D eigenvalue weighted by molar-refractivity contribution is 0.307. The van der Waals surface area contributed by atoms with Gasteiger partial charge in [0.2, 0.25) is 10.0 Å². The van der Waals surface area contributed by atoms with Crippen LogP contribution in [0, 0.1) is 0 Å². The van der Waals surface area contributed by atoms with E-state index in [-0.39, 0.29) is 5.75 Å². The summed E-state index contributed by atoms with van der Waals surface area (Å²) in [5.74, 6) is 0.892. The number of hydrogen-bond donors (Lipinski definition) is 0. The third kappa shape index (κ3) is 2.71. The molecule has 2 heterocycles. The summed E-state index contributed by atoms with van der Waals surface area (Å²) in [4.78, 5) is 2.22. The van der Waals surface area contributed by atoms with Crippen molar-refractivity contribution in [3.63, 3.8) is 0 Å². The van der Waals surface area contributed by atoms with Gasteiger partial charge in [-0.05, 0) is 24.1 Å². The predicted molar refractivity (Wildman–Crippen MR) is 95.4 cm³/mol. The van der Waals surface area contributed by atoms with Crippen LogP contribution in [0.25, 0.3) is 0 Å². The van der Waals surface area contributed by atoms with E-state index in [4.69, 9.17) is 4.74 Å². The Hall–Kier alpha value is -2.21. The summed E-state index contributed by atoms with van der Waals surface area (Å²) in [5.41, 5.74) is 2.70. The Morgan fingerprint density at radius 1 is 0.958 bits per heavy atom. The minimum Gasteiger partial charge on any atom is -0.489 e. The molecule has 24 heavy (non-hydrogen) atoms. The molecule has 5 nitrogen and oxygen atoms in total. The fourth-order valence-corrected chi connectivity index (χ4v) is 4.89. The van der Waals surface area contributed by atoms with Gasteiger partial charge in [0.25, 0.3) is 0 Å². The van der Waals surface area contributed by atoms with Crippen LogP contribution in [0.1, 0.15) is 5.56 Å². The van der Waals surface area contributed by atoms with Gasteiger partial charge in [-0.3, -0.25) is 4.31 Å². The number of para-hydroxylation sites is 1. The lowest BCUT2D eigenvalue weighted by atomic mass is 10.1. The van der Waals surface area contributed by atoms with Gasteiger partial charge in [-0.25, -0.2) is 8.42 Å². The number of benzene rings is 2. The maximum absolute atomic E-state index is 12.9. The van der Waals surface area contributed by atoms with Gasteiger partial charge in [-0.1, -0.05) is 36.4 Å². The highest BCUT2D eigenvalue weighted by molar-refractivity contribution is 7.92. The van der Waals surface area contributed by atoms with Crippen LogP contribution < -0.4 is 13.9 Å². The van der Waals surface area contributed by atoms with E-state index in [0.717, 1.165) is 29.2 Å². The van der Waals surface area contributed by atoms with Gasteiger partial charge < -0.3 is 9.64 Å². The fourth-order valence-electron chi connectivity index (χ4n) is 3.37. The number of anilines is 2. The molecule has 0 aliphatic carbocycles. The van der Waals surface area contributed by atoms with Gasteiger partial charge in [0, 0.05) is 6.54 Å². The highest BCUT2D eigenvalue weighted by atomic mass is 32.2. The molecule has 0 atom stereocenters. The van der Waals surface area contributed by atoms with E-state index in [1.165, 1.54) is 0 Å². The smallest absolute Gasteiger partial charge is 0.235 e. The SMILES string of the molecule is O=S(=O)(CCc1ccccc1)N1CCN2CCOc3cccc1c32. The predicted octanol–water partition coefficient (Wildman–Crippen LogP) is 2.28. The first-order valence-electron chi connectivity index (χ1n) is 8.20. The number of hydrogen-bond acceptors (Lipinski definition) is 4. The van der Waals surface area contributed by atoms with Crippen LogP contribution in [0.5, 0.6) is 5.75 Å². The first kappa shape index (κ1) is 15.3. The molecule has 0 bridgehead atoms. The second kappa shape index (κ2) is 6.02. The van der Waals surface area contributed by atoms with Crippen LogP contribution >= 0.6 is 0 Å². The molecule has 0 N–H and O–H groups in total. The second-order valence-electron chi connectivity index (χ2n) is 6.08. The molecule has 4 rings (SSSR count). The highest BCUT2D eigenvalue weighted by Gasteiger charge is 2.33. The van der Waals surface area contributed by atoms with Crippen molar-refractivity contribution < 1.29 is 13.2 Å². The quantitative estimate of drug-likeness (QED) is 0.854. The van der Waals surface area contributed by atoms with Gasteiger partial charge in [0.15, 0.2) is 0 Å². The number of sulfonamides is 1. The van der Waals surface area contributed by atoms with Crippen molar-refractivity contribution in [1.82, 2.24) is 0 Å². The van der Waals surface area contributed by atoms with Gasteiger partial charge in [-0.2, -0.15) is 0 Å². The summed E-state index contributed by atoms with van der Waals surface area (Å²) >= 11 is 0. The Morgan fingerprint density at radius 2 is 1.79 bits per heavy atom. The molecular weight excluding hydrogens is 324 g/mol. The fraction of sp³-hybridized carbons (Fsp3) is 0.333. The molecule has 0 amide bonds. The molecule has 2 aliphatic heterocycles. The number of ether oxygens (including phenoxy) is 1. The van der Waals surface area contributed by atoms with Gasteiger partial charge in [-0.15, -0.1) is 0 Å². The Kier molecular flexibility index (Phi) is 3.84. The minimum absolute atomic E-state index is 0.113. The Labute approximate surface area is 142 Å². The molecule has 0 saturated heterocycles. The summed E-state index contributed by atoms with van der Waals surface area (Å²) in [5, 5.41) is 0. The highest BCUT2D eigenvalue weighted by Crippen LogP contribution is 2.43. The first-order valence-corrected chi connectivity index (χ1v) is 9.81. The Balaban J connectivity index is 1.62. The van der Waals surface area contributed by atoms with Crippen molar-refractivity contribution in [3.05, 3.63) is 54.1 Å². The van der Waals surface area contributed by atoms with Crippen molar-refractivity contribution in [2.75, 3.05) is 41.2 Å². The summed E-state index contributed by atoms with van der Waals surface area (Å²) in [7, 11) is -3.37. The first-order chi connectivity index (χ1) is 11.6. The average Bonchev–Trinajstić information content (AvgIpc) is 2.62. The lowest BCUT2D eigenvalue weighted by Crippen LogP contribution is -2.47. The summed E-state index contributed by atoms with van der Waals surface area (Å²) in [6.45, 7) is 2.66. The zero-order valence-corrected chi connectivity index (χ0v) is 14.2. The molecule has 0 saturated carbocycles. The van der Waals surface area contributed by atoms with E-state index in [1.54, 1.807) is 4.31 Å². The van der Waals surface area contributed by atoms with Crippen molar-refractivity contribution >= 4 is 21.4 Å². The van der Waals surface area contributed by atoms with Crippen LogP contribution in [0.4, 0.5) is 11.4 Å². The maximum Gasteiger partial charge on any atom is 0.235 e. The molecular formula is C18H20N2O3S. The molecule has 6 heteroatoms. The molecule has 0 fully saturated rings. The van der Waals surface area contributed by atoms with Gasteiger partial charge in [0.1, 0.15) is 18.0 Å². The van der Waals surface area contributed by atoms with Crippen molar-refractivity contribution in [1.29, 1.82) is 0 Å². The Bertz CT molecular complexity index is 837. The largest absolute Gasteiger partial charge is 0.489 e. The standard InChI is InChI=1S/C18H20N2O3S/c21-24(22,14-9-15-5-2-1-3-6-15)20-11-10-19-12-13-23-17-8-4-7-16(20)18(17)19/h1-8H,9-14H2. The summed E-state index contributed by atoms with van der Waals surface area (Å²) in [6, 6.07) is 15.4. The summed E-state index contributed by atoms with van der Waals surface area (Å²) < 4.78 is 33.1. The lowest BCUT2D eigenvalue weighted by Gasteiger charge is -2.41. The van der Waals surface area contributed by atoms with Gasteiger partial charge in [0.05, 0.1) is 24.5 Å². The van der Waals surface area contributed by atoms with Gasteiger partial charge >= 0.3 is 0 Å². The number of aryl methyl sites for hydroxylation is 1. The number of nitrogens with zero attached hydrogens (tertiary/aromatic N) is 2. The van der Waals surface area contributed by atoms with Crippen LogP contribution in [-0.2, 0) is 16.4 Å². The zero-order chi connectivity index (χ0) is 16.6. The third-order valence-corrected chi connectivity index (χ3v) is 6.35. The van der Waals surface area contributed by atoms with E-state index in [1.807, 2.05) is 48.5 Å². The molecule has 2 aromatic rings. The van der Waals surface area contributed by atoms with Crippen LogP contribution in [0.15, 0.2) is 48.5 Å². The normalized spacial score (nSPS) is 16.5. The third-order valence-electron chi connectivity index (χ3n) is 4.58. The molecule has 0 aromatic heterocycles. The molecule has 2 aromatic carbocycles. The second-order valence-corrected chi connectivity index (χ2v) is 8.10. The van der Waals surface area contributed by atoms with Crippen LogP contribution in [-0.4, -0.2) is 40.4 Å². The zero-order valence-electron chi connectivity index (χ0n) is 13.4. The topological polar surface area (TPSA) is 49.9 Å². The minimum atomic E-state index is -3.37. The van der Waals surface area contributed by atoms with E-state index >= 15 is 0 Å². The van der Waals surface area contributed by atoms with Crippen molar-refractivity contribution in [2.45, 2.75) is 6.42 Å². The molecule has 0 unspecified atom stereocenters. The Morgan fingerprint density at radius 3 is 2.62 bits per heavy atom. The van der Waals surface area contributed by atoms with Crippen molar-refractivity contribution in [2.24, 2.45) is 0 Å². The molecule has 0 spiro atoms. The average molecular weight is 344 g/mol. The van der Waals surface area contributed by atoms with E-state index in [2.05, 4.69) is 4.90 Å². The van der Waals surface area contributed by atoms with Crippen LogP contribution in [0.3, 0.4) is 0 Å².